The van der Waals surface area contributed by atoms with Gasteiger partial charge in [0.05, 0.1) is 10.6 Å². The Morgan fingerprint density at radius 2 is 2.11 bits per heavy atom. The van der Waals surface area contributed by atoms with Crippen LogP contribution in [-0.4, -0.2) is 19.7 Å². The molecule has 0 unspecified atom stereocenters. The van der Waals surface area contributed by atoms with E-state index in [9.17, 15) is 8.42 Å². The first-order valence-corrected chi connectivity index (χ1v) is 8.14. The molecular formula is C12H14N2O2S2. The number of sulfone groups is 1. The van der Waals surface area contributed by atoms with Crippen LogP contribution in [-0.2, 0) is 16.4 Å². The third-order valence-corrected chi connectivity index (χ3v) is 4.56. The molecule has 0 aliphatic heterocycles. The lowest BCUT2D eigenvalue weighted by atomic mass is 10.1. The van der Waals surface area contributed by atoms with Crippen LogP contribution in [0.1, 0.15) is 10.6 Å². The molecule has 2 aromatic rings. The van der Waals surface area contributed by atoms with Crippen LogP contribution in [0.15, 0.2) is 28.5 Å². The Balaban J connectivity index is 2.65. The number of hydrogen-bond donors (Lipinski definition) is 1. The quantitative estimate of drug-likeness (QED) is 0.934. The Hall–Kier alpha value is -1.24. The minimum Gasteiger partial charge on any atom is -0.325 e. The SMILES string of the molecule is Cc1ccc(S(C)(=O)=O)c(-c2csc(CN)n2)c1. The van der Waals surface area contributed by atoms with Crippen molar-refractivity contribution in [3.63, 3.8) is 0 Å². The average Bonchev–Trinajstić information content (AvgIpc) is 2.75. The lowest BCUT2D eigenvalue weighted by molar-refractivity contribution is 0.602. The highest BCUT2D eigenvalue weighted by Crippen LogP contribution is 2.29. The normalized spacial score (nSPS) is 11.7. The van der Waals surface area contributed by atoms with Crippen LogP contribution in [0.3, 0.4) is 0 Å². The van der Waals surface area contributed by atoms with Crippen molar-refractivity contribution in [3.8, 4) is 11.3 Å². The molecule has 18 heavy (non-hydrogen) atoms. The van der Waals surface area contributed by atoms with E-state index in [4.69, 9.17) is 5.73 Å². The molecule has 1 aromatic heterocycles. The second-order valence-electron chi connectivity index (χ2n) is 4.10. The molecule has 0 aliphatic rings. The highest BCUT2D eigenvalue weighted by atomic mass is 32.2. The molecule has 0 aliphatic carbocycles. The number of hydrogen-bond acceptors (Lipinski definition) is 5. The summed E-state index contributed by atoms with van der Waals surface area (Å²) in [4.78, 5) is 4.65. The smallest absolute Gasteiger partial charge is 0.176 e. The van der Waals surface area contributed by atoms with Crippen molar-refractivity contribution >= 4 is 21.2 Å². The van der Waals surface area contributed by atoms with Gasteiger partial charge in [-0.2, -0.15) is 0 Å². The van der Waals surface area contributed by atoms with E-state index in [-0.39, 0.29) is 0 Å². The second kappa shape index (κ2) is 4.79. The zero-order valence-corrected chi connectivity index (χ0v) is 11.8. The number of rotatable bonds is 3. The van der Waals surface area contributed by atoms with Crippen molar-refractivity contribution in [2.24, 2.45) is 5.73 Å². The molecule has 96 valence electrons. The lowest BCUT2D eigenvalue weighted by Gasteiger charge is -2.06. The van der Waals surface area contributed by atoms with Gasteiger partial charge >= 0.3 is 0 Å². The van der Waals surface area contributed by atoms with Gasteiger partial charge in [-0.15, -0.1) is 11.3 Å². The van der Waals surface area contributed by atoms with Crippen molar-refractivity contribution < 1.29 is 8.42 Å². The van der Waals surface area contributed by atoms with E-state index in [0.29, 0.717) is 22.7 Å². The fraction of sp³-hybridized carbons (Fsp3) is 0.250. The van der Waals surface area contributed by atoms with Gasteiger partial charge in [-0.25, -0.2) is 13.4 Å². The average molecular weight is 282 g/mol. The van der Waals surface area contributed by atoms with E-state index < -0.39 is 9.84 Å². The van der Waals surface area contributed by atoms with E-state index in [1.165, 1.54) is 17.6 Å². The largest absolute Gasteiger partial charge is 0.325 e. The second-order valence-corrected chi connectivity index (χ2v) is 7.03. The maximum Gasteiger partial charge on any atom is 0.176 e. The summed E-state index contributed by atoms with van der Waals surface area (Å²) >= 11 is 1.44. The number of thiazole rings is 1. The first-order chi connectivity index (χ1) is 8.41. The monoisotopic (exact) mass is 282 g/mol. The molecule has 0 bridgehead atoms. The first-order valence-electron chi connectivity index (χ1n) is 5.37. The molecule has 1 aromatic carbocycles. The topological polar surface area (TPSA) is 73.0 Å². The van der Waals surface area contributed by atoms with E-state index in [1.54, 1.807) is 12.1 Å². The van der Waals surface area contributed by atoms with Crippen LogP contribution in [0.2, 0.25) is 0 Å². The molecule has 0 radical (unpaired) electrons. The fourth-order valence-corrected chi connectivity index (χ4v) is 3.25. The third kappa shape index (κ3) is 2.60. The minimum atomic E-state index is -3.26. The molecule has 0 amide bonds. The summed E-state index contributed by atoms with van der Waals surface area (Å²) in [6, 6.07) is 5.25. The highest BCUT2D eigenvalue weighted by Gasteiger charge is 2.16. The predicted molar refractivity (Wildman–Crippen MR) is 73.3 cm³/mol. The zero-order valence-electron chi connectivity index (χ0n) is 10.2. The standard InChI is InChI=1S/C12H14N2O2S2/c1-8-3-4-11(18(2,15)16)9(5-8)10-7-17-12(6-13)14-10/h3-5,7H,6,13H2,1-2H3. The van der Waals surface area contributed by atoms with Crippen molar-refractivity contribution in [2.45, 2.75) is 18.4 Å². The van der Waals surface area contributed by atoms with Gasteiger partial charge in [-0.3, -0.25) is 0 Å². The molecule has 1 heterocycles. The summed E-state index contributed by atoms with van der Waals surface area (Å²) in [6.45, 7) is 2.29. The number of nitrogens with zero attached hydrogens (tertiary/aromatic N) is 1. The number of aromatic nitrogens is 1. The molecule has 0 atom stereocenters. The predicted octanol–water partition coefficient (Wildman–Crippen LogP) is 1.98. The van der Waals surface area contributed by atoms with Gasteiger partial charge < -0.3 is 5.73 Å². The van der Waals surface area contributed by atoms with Gasteiger partial charge in [0.15, 0.2) is 9.84 Å². The van der Waals surface area contributed by atoms with E-state index >= 15 is 0 Å². The van der Waals surface area contributed by atoms with Crippen molar-refractivity contribution in [2.75, 3.05) is 6.26 Å². The van der Waals surface area contributed by atoms with Crippen LogP contribution >= 0.6 is 11.3 Å². The molecule has 4 nitrogen and oxygen atoms in total. The molecular weight excluding hydrogens is 268 g/mol. The van der Waals surface area contributed by atoms with Crippen molar-refractivity contribution in [1.29, 1.82) is 0 Å². The van der Waals surface area contributed by atoms with E-state index in [0.717, 1.165) is 10.6 Å². The molecule has 2 rings (SSSR count). The summed E-state index contributed by atoms with van der Waals surface area (Å²) in [5.74, 6) is 0. The van der Waals surface area contributed by atoms with Gasteiger partial charge in [-0.1, -0.05) is 11.6 Å². The molecule has 2 N–H and O–H groups in total. The summed E-state index contributed by atoms with van der Waals surface area (Å²) in [5, 5.41) is 2.64. The van der Waals surface area contributed by atoms with Gasteiger partial charge in [0, 0.05) is 23.7 Å². The van der Waals surface area contributed by atoms with E-state index in [1.807, 2.05) is 18.4 Å². The lowest BCUT2D eigenvalue weighted by Crippen LogP contribution is -2.01. The maximum absolute atomic E-state index is 11.8. The van der Waals surface area contributed by atoms with Crippen LogP contribution in [0.25, 0.3) is 11.3 Å². The Bertz CT molecular complexity index is 675. The molecule has 6 heteroatoms. The Kier molecular flexibility index (Phi) is 3.52. The van der Waals surface area contributed by atoms with Gasteiger partial charge in [0.2, 0.25) is 0 Å². The summed E-state index contributed by atoms with van der Waals surface area (Å²) in [6.07, 6.45) is 1.21. The first kappa shape index (κ1) is 13.2. The van der Waals surface area contributed by atoms with Gasteiger partial charge in [-0.05, 0) is 19.1 Å². The summed E-state index contributed by atoms with van der Waals surface area (Å²) in [7, 11) is -3.26. The zero-order chi connectivity index (χ0) is 13.3. The minimum absolute atomic E-state index is 0.307. The Morgan fingerprint density at radius 1 is 1.39 bits per heavy atom. The maximum atomic E-state index is 11.8. The number of benzene rings is 1. The van der Waals surface area contributed by atoms with Gasteiger partial charge in [0.1, 0.15) is 5.01 Å². The van der Waals surface area contributed by atoms with Crippen LogP contribution in [0, 0.1) is 6.92 Å². The number of nitrogens with two attached hydrogens (primary N) is 1. The third-order valence-electron chi connectivity index (χ3n) is 2.54. The van der Waals surface area contributed by atoms with Crippen molar-refractivity contribution in [1.82, 2.24) is 4.98 Å². The summed E-state index contributed by atoms with van der Waals surface area (Å²) in [5.41, 5.74) is 7.84. The molecule has 0 saturated carbocycles. The molecule has 0 saturated heterocycles. The van der Waals surface area contributed by atoms with Crippen LogP contribution in [0.4, 0.5) is 0 Å². The molecule has 0 fully saturated rings. The van der Waals surface area contributed by atoms with Crippen LogP contribution < -0.4 is 5.73 Å². The van der Waals surface area contributed by atoms with Crippen molar-refractivity contribution in [3.05, 3.63) is 34.2 Å². The number of aryl methyl sites for hydroxylation is 1. The van der Waals surface area contributed by atoms with Gasteiger partial charge in [0.25, 0.3) is 0 Å². The summed E-state index contributed by atoms with van der Waals surface area (Å²) < 4.78 is 23.5. The van der Waals surface area contributed by atoms with E-state index in [2.05, 4.69) is 4.98 Å². The Labute approximate surface area is 110 Å². The highest BCUT2D eigenvalue weighted by molar-refractivity contribution is 7.90. The van der Waals surface area contributed by atoms with Crippen LogP contribution in [0.5, 0.6) is 0 Å². The fourth-order valence-electron chi connectivity index (χ4n) is 1.70. The Morgan fingerprint density at radius 3 is 2.67 bits per heavy atom. The molecule has 0 spiro atoms.